The van der Waals surface area contributed by atoms with Gasteiger partial charge in [0.1, 0.15) is 0 Å². The first kappa shape index (κ1) is 34.1. The molecule has 2 atom stereocenters. The minimum Gasteiger partial charge on any atom is -0.449 e. The maximum absolute atomic E-state index is 11.3. The van der Waals surface area contributed by atoms with Gasteiger partial charge in [0.15, 0.2) is 13.2 Å². The SMILES string of the molecule is CCCC.O=C(O)OC(=O)OCC(OC(=O)OC(=O)O)OC(COC(=O)OC(=O)O)OC(=O)OC(=O)O. The van der Waals surface area contributed by atoms with Gasteiger partial charge in [-0.25, -0.2) is 38.4 Å². The van der Waals surface area contributed by atoms with Gasteiger partial charge < -0.3 is 58.3 Å². The van der Waals surface area contributed by atoms with E-state index in [1.54, 1.807) is 0 Å². The maximum Gasteiger partial charge on any atom is 0.521 e. The van der Waals surface area contributed by atoms with E-state index in [0.29, 0.717) is 0 Å². The van der Waals surface area contributed by atoms with Crippen LogP contribution in [0.25, 0.3) is 0 Å². The van der Waals surface area contributed by atoms with Gasteiger partial charge in [0.25, 0.3) is 0 Å². The van der Waals surface area contributed by atoms with Gasteiger partial charge >= 0.3 is 49.2 Å². The summed E-state index contributed by atoms with van der Waals surface area (Å²) in [5.74, 6) is 0. The Labute approximate surface area is 204 Å². The fourth-order valence-electron chi connectivity index (χ4n) is 1.25. The molecule has 0 aromatic rings. The lowest BCUT2D eigenvalue weighted by Crippen LogP contribution is -2.38. The summed E-state index contributed by atoms with van der Waals surface area (Å²) in [6.45, 7) is 1.71. The lowest BCUT2D eigenvalue weighted by atomic mass is 10.4. The zero-order valence-corrected chi connectivity index (χ0v) is 18.7. The van der Waals surface area contributed by atoms with Crippen molar-refractivity contribution in [1.29, 1.82) is 0 Å². The molecule has 0 fully saturated rings. The number of ether oxygens (including phenoxy) is 9. The summed E-state index contributed by atoms with van der Waals surface area (Å²) in [5, 5.41) is 33.1. The van der Waals surface area contributed by atoms with E-state index in [4.69, 9.17) is 20.4 Å². The van der Waals surface area contributed by atoms with Crippen molar-refractivity contribution in [2.45, 2.75) is 39.3 Å². The van der Waals surface area contributed by atoms with Crippen LogP contribution in [0.1, 0.15) is 26.7 Å². The van der Waals surface area contributed by atoms with Crippen molar-refractivity contribution in [3.8, 4) is 0 Å². The molecule has 2 unspecified atom stereocenters. The Balaban J connectivity index is 0. The monoisotopic (exact) mass is 548 g/mol. The molecule has 0 aliphatic rings. The maximum atomic E-state index is 11.3. The molecule has 0 radical (unpaired) electrons. The first-order valence-corrected chi connectivity index (χ1v) is 9.23. The molecule has 0 aliphatic carbocycles. The summed E-state index contributed by atoms with van der Waals surface area (Å²) in [6, 6.07) is 0. The second-order valence-electron chi connectivity index (χ2n) is 5.32. The third-order valence-electron chi connectivity index (χ3n) is 2.62. The van der Waals surface area contributed by atoms with E-state index in [0.717, 1.165) is 0 Å². The van der Waals surface area contributed by atoms with E-state index in [2.05, 4.69) is 56.5 Å². The number of hydrogen-bond donors (Lipinski definition) is 4. The average molecular weight is 548 g/mol. The van der Waals surface area contributed by atoms with Gasteiger partial charge in [-0.15, -0.1) is 0 Å². The Morgan fingerprint density at radius 3 is 1.03 bits per heavy atom. The van der Waals surface area contributed by atoms with Crippen molar-refractivity contribution in [3.05, 3.63) is 0 Å². The molecular weight excluding hydrogens is 528 g/mol. The van der Waals surface area contributed by atoms with E-state index in [9.17, 15) is 38.4 Å². The van der Waals surface area contributed by atoms with Crippen LogP contribution >= 0.6 is 0 Å². The summed E-state index contributed by atoms with van der Waals surface area (Å²) < 4.78 is 35.5. The Kier molecular flexibility index (Phi) is 17.7. The first-order valence-electron chi connectivity index (χ1n) is 9.23. The van der Waals surface area contributed by atoms with Gasteiger partial charge in [-0.1, -0.05) is 26.7 Å². The molecule has 0 heterocycles. The topological polar surface area (TPSA) is 301 Å². The smallest absolute Gasteiger partial charge is 0.449 e. The molecule has 0 spiro atoms. The van der Waals surface area contributed by atoms with Crippen LogP contribution in [0, 0.1) is 0 Å². The van der Waals surface area contributed by atoms with Crippen molar-refractivity contribution in [2.75, 3.05) is 13.2 Å². The number of carbonyl (C=O) groups excluding carboxylic acids is 4. The summed E-state index contributed by atoms with van der Waals surface area (Å²) in [7, 11) is 0. The third-order valence-corrected chi connectivity index (χ3v) is 2.62. The highest BCUT2D eigenvalue weighted by Crippen LogP contribution is 2.09. The Bertz CT molecular complexity index is 751. The highest BCUT2D eigenvalue weighted by molar-refractivity contribution is 5.77. The van der Waals surface area contributed by atoms with Gasteiger partial charge in [-0.05, 0) is 0 Å². The van der Waals surface area contributed by atoms with E-state index in [1.165, 1.54) is 12.8 Å². The molecular formula is C16H20O21. The average Bonchev–Trinajstić information content (AvgIpc) is 2.73. The molecule has 21 nitrogen and oxygen atoms in total. The molecule has 210 valence electrons. The van der Waals surface area contributed by atoms with Crippen LogP contribution in [-0.2, 0) is 42.6 Å². The second kappa shape index (κ2) is 19.2. The molecule has 0 bridgehead atoms. The van der Waals surface area contributed by atoms with Crippen molar-refractivity contribution in [2.24, 2.45) is 0 Å². The Morgan fingerprint density at radius 1 is 0.514 bits per heavy atom. The van der Waals surface area contributed by atoms with E-state index in [1.807, 2.05) is 0 Å². The zero-order valence-electron chi connectivity index (χ0n) is 18.7. The zero-order chi connectivity index (χ0) is 29.0. The predicted molar refractivity (Wildman–Crippen MR) is 101 cm³/mol. The Morgan fingerprint density at radius 2 is 0.784 bits per heavy atom. The molecule has 0 amide bonds. The molecule has 0 saturated carbocycles. The molecule has 0 rings (SSSR count). The normalized spacial score (nSPS) is 11.0. The van der Waals surface area contributed by atoms with Gasteiger partial charge in [0.2, 0.25) is 12.6 Å². The van der Waals surface area contributed by atoms with Crippen molar-refractivity contribution >= 4 is 49.2 Å². The van der Waals surface area contributed by atoms with Gasteiger partial charge in [-0.3, -0.25) is 4.74 Å². The Hall–Kier alpha value is -5.08. The standard InChI is InChI=1S/C12H10O21.C4H10/c13-5(14)30-9(21)25-1-3(28-11(23)32-7(17)18)27-4(29-12(24)33-8(19)20)2-26-10(22)31-6(15)16;1-3-4-2/h3-4H,1-2H2,(H,13,14)(H,15,16)(H,17,18)(H,19,20);3-4H2,1-2H3. The molecule has 0 saturated heterocycles. The van der Waals surface area contributed by atoms with Gasteiger partial charge in [0.05, 0.1) is 0 Å². The van der Waals surface area contributed by atoms with Crippen molar-refractivity contribution in [1.82, 2.24) is 0 Å². The summed E-state index contributed by atoms with van der Waals surface area (Å²) >= 11 is 0. The minimum atomic E-state index is -2.35. The van der Waals surface area contributed by atoms with Gasteiger partial charge in [0, 0.05) is 0 Å². The number of unbranched alkanes of at least 4 members (excludes halogenated alkanes) is 1. The molecule has 4 N–H and O–H groups in total. The van der Waals surface area contributed by atoms with Gasteiger partial charge in [-0.2, -0.15) is 0 Å². The molecule has 0 aliphatic heterocycles. The summed E-state index contributed by atoms with van der Waals surface area (Å²) in [6.07, 6.45) is -18.6. The lowest BCUT2D eigenvalue weighted by Gasteiger charge is -2.22. The second-order valence-corrected chi connectivity index (χ2v) is 5.32. The third kappa shape index (κ3) is 22.5. The number of carboxylic acid groups (broad SMARTS) is 4. The number of carbonyl (C=O) groups is 8. The van der Waals surface area contributed by atoms with Crippen LogP contribution in [-0.4, -0.2) is 95.5 Å². The van der Waals surface area contributed by atoms with E-state index >= 15 is 0 Å². The fraction of sp³-hybridized carbons (Fsp3) is 0.500. The van der Waals surface area contributed by atoms with Crippen LogP contribution in [0.2, 0.25) is 0 Å². The van der Waals surface area contributed by atoms with E-state index in [-0.39, 0.29) is 0 Å². The quantitative estimate of drug-likeness (QED) is 0.139. The fourth-order valence-corrected chi connectivity index (χ4v) is 1.25. The summed E-state index contributed by atoms with van der Waals surface area (Å²) in [5.41, 5.74) is 0. The number of hydrogen-bond acceptors (Lipinski definition) is 17. The highest BCUT2D eigenvalue weighted by atomic mass is 16.9. The largest absolute Gasteiger partial charge is 0.521 e. The van der Waals surface area contributed by atoms with Crippen LogP contribution in [0.3, 0.4) is 0 Å². The van der Waals surface area contributed by atoms with Crippen LogP contribution < -0.4 is 0 Å². The molecule has 0 aromatic heterocycles. The van der Waals surface area contributed by atoms with E-state index < -0.39 is 75.0 Å². The van der Waals surface area contributed by atoms with Crippen LogP contribution in [0.5, 0.6) is 0 Å². The van der Waals surface area contributed by atoms with Crippen molar-refractivity contribution in [3.63, 3.8) is 0 Å². The lowest BCUT2D eigenvalue weighted by molar-refractivity contribution is -0.237. The first-order chi connectivity index (χ1) is 17.2. The van der Waals surface area contributed by atoms with Crippen LogP contribution in [0.15, 0.2) is 0 Å². The number of rotatable bonds is 9. The minimum absolute atomic E-state index is 1.32. The molecule has 0 aromatic carbocycles. The molecule has 21 heteroatoms. The summed E-state index contributed by atoms with van der Waals surface area (Å²) in [4.78, 5) is 85.8. The van der Waals surface area contributed by atoms with Crippen molar-refractivity contribution < 1.29 is 101 Å². The predicted octanol–water partition coefficient (Wildman–Crippen LogP) is 2.79. The molecule has 37 heavy (non-hydrogen) atoms. The van der Waals surface area contributed by atoms with Crippen LogP contribution in [0.4, 0.5) is 38.4 Å². The highest BCUT2D eigenvalue weighted by Gasteiger charge is 2.29.